The lowest BCUT2D eigenvalue weighted by Gasteiger charge is -2.11. The highest BCUT2D eigenvalue weighted by atomic mass is 14.9. The summed E-state index contributed by atoms with van der Waals surface area (Å²) < 4.78 is 0. The second-order valence-electron chi connectivity index (χ2n) is 6.10. The van der Waals surface area contributed by atoms with E-state index in [1.807, 2.05) is 12.1 Å². The Bertz CT molecular complexity index is 1430. The van der Waals surface area contributed by atoms with Crippen molar-refractivity contribution >= 4 is 39.3 Å². The molecule has 0 saturated carbocycles. The molecule has 0 aliphatic rings. The molecule has 0 amide bonds. The molecule has 0 unspecified atom stereocenters. The van der Waals surface area contributed by atoms with Gasteiger partial charge in [-0.3, -0.25) is 0 Å². The smallest absolute Gasteiger partial charge is 0.168 e. The SMILES string of the molecule is Cc1nc2c3nc(C#N)c(C=N)nc3c3nc(CN)c(C#N)nc3c2nc1CN. The maximum absolute atomic E-state index is 9.43. The summed E-state index contributed by atoms with van der Waals surface area (Å²) in [4.78, 5) is 26.8. The Labute approximate surface area is 163 Å². The number of aromatic nitrogens is 6. The molecule has 3 heterocycles. The molecule has 4 aromatic rings. The van der Waals surface area contributed by atoms with Crippen LogP contribution in [0.4, 0.5) is 0 Å². The molecule has 0 atom stereocenters. The van der Waals surface area contributed by atoms with E-state index in [0.717, 1.165) is 6.21 Å². The van der Waals surface area contributed by atoms with Gasteiger partial charge in [0.2, 0.25) is 0 Å². The van der Waals surface area contributed by atoms with Crippen molar-refractivity contribution < 1.29 is 0 Å². The lowest BCUT2D eigenvalue weighted by atomic mass is 10.1. The number of nitriles is 2. The number of nitrogens with two attached hydrogens (primary N) is 2. The molecular formula is C18H13N11. The molecule has 1 aromatic carbocycles. The summed E-state index contributed by atoms with van der Waals surface area (Å²) in [6, 6.07) is 3.93. The quantitative estimate of drug-likeness (QED) is 0.330. The topological polar surface area (TPSA) is 201 Å². The van der Waals surface area contributed by atoms with Crippen LogP contribution < -0.4 is 11.5 Å². The average Bonchev–Trinajstić information content (AvgIpc) is 2.76. The van der Waals surface area contributed by atoms with Crippen LogP contribution in [0.15, 0.2) is 0 Å². The predicted octanol–water partition coefficient (Wildman–Crippen LogP) is 0.483. The highest BCUT2D eigenvalue weighted by Crippen LogP contribution is 2.30. The van der Waals surface area contributed by atoms with E-state index in [9.17, 15) is 10.5 Å². The summed E-state index contributed by atoms with van der Waals surface area (Å²) in [5, 5.41) is 26.4. The van der Waals surface area contributed by atoms with Crippen LogP contribution in [0.1, 0.15) is 34.2 Å². The van der Waals surface area contributed by atoms with Crippen molar-refractivity contribution in [3.63, 3.8) is 0 Å². The Morgan fingerprint density at radius 3 is 1.79 bits per heavy atom. The molecule has 0 aliphatic heterocycles. The maximum atomic E-state index is 9.43. The first-order chi connectivity index (χ1) is 14.1. The van der Waals surface area contributed by atoms with Crippen LogP contribution in [-0.2, 0) is 13.1 Å². The Kier molecular flexibility index (Phi) is 4.24. The van der Waals surface area contributed by atoms with E-state index in [2.05, 4.69) is 29.9 Å². The number of hydrogen-bond acceptors (Lipinski definition) is 11. The fraction of sp³-hybridized carbons (Fsp3) is 0.167. The number of fused-ring (bicyclic) bond motifs is 6. The fourth-order valence-corrected chi connectivity index (χ4v) is 3.07. The van der Waals surface area contributed by atoms with Crippen molar-refractivity contribution in [1.29, 1.82) is 15.9 Å². The van der Waals surface area contributed by atoms with E-state index in [1.165, 1.54) is 0 Å². The Morgan fingerprint density at radius 1 is 0.759 bits per heavy atom. The molecule has 0 aliphatic carbocycles. The first-order valence-corrected chi connectivity index (χ1v) is 8.48. The third-order valence-corrected chi connectivity index (χ3v) is 4.47. The van der Waals surface area contributed by atoms with E-state index in [0.29, 0.717) is 50.2 Å². The molecule has 29 heavy (non-hydrogen) atoms. The van der Waals surface area contributed by atoms with Gasteiger partial charge in [-0.2, -0.15) is 10.5 Å². The third-order valence-electron chi connectivity index (χ3n) is 4.47. The van der Waals surface area contributed by atoms with Gasteiger partial charge in [-0.05, 0) is 6.92 Å². The minimum Gasteiger partial charge on any atom is -0.325 e. The summed E-state index contributed by atoms with van der Waals surface area (Å²) >= 11 is 0. The van der Waals surface area contributed by atoms with Crippen molar-refractivity contribution in [2.45, 2.75) is 20.0 Å². The van der Waals surface area contributed by atoms with E-state index in [1.54, 1.807) is 6.92 Å². The van der Waals surface area contributed by atoms with Gasteiger partial charge in [-0.15, -0.1) is 0 Å². The third kappa shape index (κ3) is 2.62. The molecular weight excluding hydrogens is 370 g/mol. The predicted molar refractivity (Wildman–Crippen MR) is 104 cm³/mol. The molecule has 140 valence electrons. The van der Waals surface area contributed by atoms with Crippen LogP contribution in [0.5, 0.6) is 0 Å². The first-order valence-electron chi connectivity index (χ1n) is 8.48. The lowest BCUT2D eigenvalue weighted by Crippen LogP contribution is -2.10. The fourth-order valence-electron chi connectivity index (χ4n) is 3.07. The van der Waals surface area contributed by atoms with Gasteiger partial charge in [-0.25, -0.2) is 29.9 Å². The molecule has 0 radical (unpaired) electrons. The second-order valence-corrected chi connectivity index (χ2v) is 6.10. The Hall–Kier alpha value is -4.19. The molecule has 4 rings (SSSR count). The highest BCUT2D eigenvalue weighted by Gasteiger charge is 2.21. The number of hydrogen-bond donors (Lipinski definition) is 3. The summed E-state index contributed by atoms with van der Waals surface area (Å²) in [7, 11) is 0. The van der Waals surface area contributed by atoms with Gasteiger partial charge in [0, 0.05) is 19.3 Å². The number of rotatable bonds is 3. The van der Waals surface area contributed by atoms with Crippen molar-refractivity contribution in [1.82, 2.24) is 29.9 Å². The van der Waals surface area contributed by atoms with Gasteiger partial charge in [0.25, 0.3) is 0 Å². The van der Waals surface area contributed by atoms with E-state index in [-0.39, 0.29) is 30.2 Å². The van der Waals surface area contributed by atoms with Crippen molar-refractivity contribution in [2.75, 3.05) is 0 Å². The summed E-state index contributed by atoms with van der Waals surface area (Å²) in [6.07, 6.45) is 0.941. The minimum atomic E-state index is -0.0174. The lowest BCUT2D eigenvalue weighted by molar-refractivity contribution is 0.952. The normalized spacial score (nSPS) is 10.9. The molecule has 0 saturated heterocycles. The van der Waals surface area contributed by atoms with Gasteiger partial charge in [0.05, 0.1) is 17.1 Å². The molecule has 0 fully saturated rings. The molecule has 3 aromatic heterocycles. The average molecular weight is 383 g/mol. The Morgan fingerprint density at radius 2 is 1.24 bits per heavy atom. The van der Waals surface area contributed by atoms with Crippen molar-refractivity contribution in [2.24, 2.45) is 11.5 Å². The highest BCUT2D eigenvalue weighted by molar-refractivity contribution is 6.18. The monoisotopic (exact) mass is 383 g/mol. The van der Waals surface area contributed by atoms with Crippen LogP contribution in [0.2, 0.25) is 0 Å². The van der Waals surface area contributed by atoms with Crippen LogP contribution in [0.25, 0.3) is 33.1 Å². The molecule has 11 nitrogen and oxygen atoms in total. The zero-order valence-electron chi connectivity index (χ0n) is 15.2. The number of nitrogens with one attached hydrogen (secondary N) is 1. The van der Waals surface area contributed by atoms with Gasteiger partial charge in [0.15, 0.2) is 11.4 Å². The van der Waals surface area contributed by atoms with Gasteiger partial charge >= 0.3 is 0 Å². The van der Waals surface area contributed by atoms with E-state index < -0.39 is 0 Å². The largest absolute Gasteiger partial charge is 0.325 e. The number of aryl methyl sites for hydroxylation is 1. The van der Waals surface area contributed by atoms with Gasteiger partial charge in [-0.1, -0.05) is 0 Å². The first kappa shape index (κ1) is 18.2. The van der Waals surface area contributed by atoms with Gasteiger partial charge < -0.3 is 16.9 Å². The Balaban J connectivity index is 2.36. The summed E-state index contributed by atoms with van der Waals surface area (Å²) in [5.41, 5.74) is 15.0. The van der Waals surface area contributed by atoms with Crippen LogP contribution >= 0.6 is 0 Å². The minimum absolute atomic E-state index is 0.000124. The van der Waals surface area contributed by atoms with E-state index >= 15 is 0 Å². The van der Waals surface area contributed by atoms with Gasteiger partial charge in [0.1, 0.15) is 50.9 Å². The standard InChI is InChI=1S/C18H13N11/c1-7-8(2-19)25-14-13(24-7)15-17(28-10(4-21)9(3-20)26-15)18-16(14)27-11(5-22)12(6-23)29-18/h4,21H,2,6,19,23H2,1H3. The van der Waals surface area contributed by atoms with Crippen LogP contribution in [0.3, 0.4) is 0 Å². The second kappa shape index (κ2) is 6.76. The van der Waals surface area contributed by atoms with E-state index in [4.69, 9.17) is 16.9 Å². The molecule has 5 N–H and O–H groups in total. The van der Waals surface area contributed by atoms with Crippen LogP contribution in [-0.4, -0.2) is 36.1 Å². The van der Waals surface area contributed by atoms with Crippen LogP contribution in [0, 0.1) is 35.0 Å². The van der Waals surface area contributed by atoms with Crippen molar-refractivity contribution in [3.8, 4) is 12.1 Å². The zero-order valence-corrected chi connectivity index (χ0v) is 15.2. The number of benzene rings is 1. The van der Waals surface area contributed by atoms with Crippen molar-refractivity contribution in [3.05, 3.63) is 34.2 Å². The number of nitrogens with zero attached hydrogens (tertiary/aromatic N) is 8. The molecule has 0 spiro atoms. The zero-order chi connectivity index (χ0) is 20.7. The molecule has 0 bridgehead atoms. The summed E-state index contributed by atoms with van der Waals surface area (Å²) in [6.45, 7) is 1.93. The molecule has 11 heteroatoms. The summed E-state index contributed by atoms with van der Waals surface area (Å²) in [5.74, 6) is 0. The maximum Gasteiger partial charge on any atom is 0.168 e.